The lowest BCUT2D eigenvalue weighted by atomic mass is 9.96. The first-order valence-electron chi connectivity index (χ1n) is 5.63. The van der Waals surface area contributed by atoms with Gasteiger partial charge in [0.2, 0.25) is 0 Å². The van der Waals surface area contributed by atoms with Crippen molar-refractivity contribution in [1.82, 2.24) is 14.9 Å². The minimum Gasteiger partial charge on any atom is -0.378 e. The van der Waals surface area contributed by atoms with Crippen molar-refractivity contribution in [2.75, 3.05) is 13.2 Å². The zero-order valence-corrected chi connectivity index (χ0v) is 9.43. The van der Waals surface area contributed by atoms with Gasteiger partial charge in [0.05, 0.1) is 6.10 Å². The highest BCUT2D eigenvalue weighted by atomic mass is 16.5. The Hall–Kier alpha value is -1.36. The lowest BCUT2D eigenvalue weighted by Crippen LogP contribution is -2.36. The first kappa shape index (κ1) is 11.1. The quantitative estimate of drug-likeness (QED) is 0.821. The lowest BCUT2D eigenvalue weighted by molar-refractivity contribution is 0.00347. The smallest absolute Gasteiger partial charge is 0.326 e. The number of aromatic nitrogens is 2. The monoisotopic (exact) mass is 223 g/mol. The van der Waals surface area contributed by atoms with Crippen LogP contribution in [0.1, 0.15) is 19.8 Å². The normalized spacial score (nSPS) is 25.3. The molecular formula is C11H17N3O2. The number of hydrogen-bond acceptors (Lipinski definition) is 3. The van der Waals surface area contributed by atoms with Crippen LogP contribution in [0.3, 0.4) is 0 Å². The summed E-state index contributed by atoms with van der Waals surface area (Å²) in [5.41, 5.74) is 0. The average molecular weight is 223 g/mol. The standard InChI is InChI=1S/C11H17N3O2/c1-9-6-10(2-5-16-9)7-13-11(15)14-4-3-12-8-14/h3-4,8-10H,2,5-7H2,1H3,(H,13,15). The zero-order chi connectivity index (χ0) is 11.4. The average Bonchev–Trinajstić information content (AvgIpc) is 2.79. The van der Waals surface area contributed by atoms with E-state index in [1.54, 1.807) is 12.4 Å². The van der Waals surface area contributed by atoms with Gasteiger partial charge in [0, 0.05) is 25.5 Å². The topological polar surface area (TPSA) is 56.2 Å². The van der Waals surface area contributed by atoms with Gasteiger partial charge in [-0.2, -0.15) is 0 Å². The molecule has 5 heteroatoms. The van der Waals surface area contributed by atoms with Crippen molar-refractivity contribution in [3.8, 4) is 0 Å². The molecule has 2 atom stereocenters. The van der Waals surface area contributed by atoms with E-state index >= 15 is 0 Å². The molecule has 0 aromatic carbocycles. The largest absolute Gasteiger partial charge is 0.378 e. The summed E-state index contributed by atoms with van der Waals surface area (Å²) in [5, 5.41) is 2.90. The molecule has 1 aliphatic rings. The van der Waals surface area contributed by atoms with Crippen molar-refractivity contribution in [2.24, 2.45) is 5.92 Å². The molecule has 1 aromatic heterocycles. The number of rotatable bonds is 2. The summed E-state index contributed by atoms with van der Waals surface area (Å²) in [6, 6.07) is -0.114. The number of ether oxygens (including phenoxy) is 1. The van der Waals surface area contributed by atoms with Gasteiger partial charge in [-0.15, -0.1) is 0 Å². The van der Waals surface area contributed by atoms with Crippen LogP contribution in [0, 0.1) is 5.92 Å². The highest BCUT2D eigenvalue weighted by Gasteiger charge is 2.19. The van der Waals surface area contributed by atoms with E-state index in [2.05, 4.69) is 17.2 Å². The van der Waals surface area contributed by atoms with Crippen molar-refractivity contribution in [3.63, 3.8) is 0 Å². The molecule has 0 radical (unpaired) electrons. The predicted octanol–water partition coefficient (Wildman–Crippen LogP) is 1.26. The number of imidazole rings is 1. The highest BCUT2D eigenvalue weighted by Crippen LogP contribution is 2.18. The van der Waals surface area contributed by atoms with Crippen LogP contribution in [0.2, 0.25) is 0 Å². The summed E-state index contributed by atoms with van der Waals surface area (Å²) in [5.74, 6) is 0.524. The van der Waals surface area contributed by atoms with Gasteiger partial charge in [0.15, 0.2) is 0 Å². The molecule has 5 nitrogen and oxygen atoms in total. The zero-order valence-electron chi connectivity index (χ0n) is 9.43. The van der Waals surface area contributed by atoms with E-state index in [-0.39, 0.29) is 6.03 Å². The third kappa shape index (κ3) is 2.82. The lowest BCUT2D eigenvalue weighted by Gasteiger charge is -2.27. The molecule has 1 N–H and O–H groups in total. The minimum absolute atomic E-state index is 0.114. The third-order valence-electron chi connectivity index (χ3n) is 2.87. The fraction of sp³-hybridized carbons (Fsp3) is 0.636. The van der Waals surface area contributed by atoms with Crippen LogP contribution in [-0.4, -0.2) is 34.8 Å². The summed E-state index contributed by atoms with van der Waals surface area (Å²) < 4.78 is 6.91. The van der Waals surface area contributed by atoms with Crippen molar-refractivity contribution in [2.45, 2.75) is 25.9 Å². The molecule has 1 fully saturated rings. The Kier molecular flexibility index (Phi) is 3.56. The minimum atomic E-state index is -0.114. The Balaban J connectivity index is 1.77. The molecule has 88 valence electrons. The Morgan fingerprint density at radius 3 is 3.25 bits per heavy atom. The maximum atomic E-state index is 11.6. The van der Waals surface area contributed by atoms with Crippen LogP contribution in [0.5, 0.6) is 0 Å². The summed E-state index contributed by atoms with van der Waals surface area (Å²) in [6.45, 7) is 3.58. The molecule has 2 unspecified atom stereocenters. The summed E-state index contributed by atoms with van der Waals surface area (Å²) in [6.07, 6.45) is 7.09. The van der Waals surface area contributed by atoms with Crippen molar-refractivity contribution < 1.29 is 9.53 Å². The molecule has 0 saturated carbocycles. The van der Waals surface area contributed by atoms with Gasteiger partial charge in [-0.1, -0.05) is 0 Å². The molecule has 1 aliphatic heterocycles. The molecule has 0 spiro atoms. The maximum absolute atomic E-state index is 11.6. The van der Waals surface area contributed by atoms with E-state index in [1.807, 2.05) is 0 Å². The fourth-order valence-electron chi connectivity index (χ4n) is 1.98. The van der Waals surface area contributed by atoms with Gasteiger partial charge in [0.1, 0.15) is 6.33 Å². The fourth-order valence-corrected chi connectivity index (χ4v) is 1.98. The number of carbonyl (C=O) groups excluding carboxylic acids is 1. The Morgan fingerprint density at radius 1 is 1.69 bits per heavy atom. The molecule has 0 bridgehead atoms. The SMILES string of the molecule is CC1CC(CNC(=O)n2ccnc2)CCO1. The molecule has 16 heavy (non-hydrogen) atoms. The van der Waals surface area contributed by atoms with Gasteiger partial charge in [0.25, 0.3) is 0 Å². The van der Waals surface area contributed by atoms with E-state index < -0.39 is 0 Å². The van der Waals surface area contributed by atoms with Crippen molar-refractivity contribution >= 4 is 6.03 Å². The van der Waals surface area contributed by atoms with Crippen LogP contribution in [0.4, 0.5) is 4.79 Å². The predicted molar refractivity (Wildman–Crippen MR) is 59.2 cm³/mol. The number of nitrogens with one attached hydrogen (secondary N) is 1. The molecule has 1 saturated heterocycles. The Morgan fingerprint density at radius 2 is 2.56 bits per heavy atom. The molecule has 2 rings (SSSR count). The van der Waals surface area contributed by atoms with E-state index in [0.717, 1.165) is 19.4 Å². The van der Waals surface area contributed by atoms with Crippen molar-refractivity contribution in [3.05, 3.63) is 18.7 Å². The van der Waals surface area contributed by atoms with Crippen LogP contribution >= 0.6 is 0 Å². The first-order valence-corrected chi connectivity index (χ1v) is 5.63. The highest BCUT2D eigenvalue weighted by molar-refractivity contribution is 5.76. The van der Waals surface area contributed by atoms with Gasteiger partial charge in [-0.25, -0.2) is 9.78 Å². The van der Waals surface area contributed by atoms with Crippen LogP contribution in [0.25, 0.3) is 0 Å². The summed E-state index contributed by atoms with van der Waals surface area (Å²) >= 11 is 0. The molecule has 2 heterocycles. The number of carbonyl (C=O) groups is 1. The molecular weight excluding hydrogens is 206 g/mol. The van der Waals surface area contributed by atoms with Crippen LogP contribution in [0.15, 0.2) is 18.7 Å². The second-order valence-electron chi connectivity index (χ2n) is 4.23. The van der Waals surface area contributed by atoms with E-state index in [4.69, 9.17) is 4.74 Å². The summed E-state index contributed by atoms with van der Waals surface area (Å²) in [4.78, 5) is 15.4. The van der Waals surface area contributed by atoms with E-state index in [9.17, 15) is 4.79 Å². The second kappa shape index (κ2) is 5.12. The van der Waals surface area contributed by atoms with Gasteiger partial charge in [-0.3, -0.25) is 4.57 Å². The first-order chi connectivity index (χ1) is 7.75. The van der Waals surface area contributed by atoms with E-state index in [1.165, 1.54) is 10.9 Å². The molecule has 0 aliphatic carbocycles. The number of amides is 1. The molecule has 1 aromatic rings. The maximum Gasteiger partial charge on any atom is 0.326 e. The van der Waals surface area contributed by atoms with Crippen LogP contribution < -0.4 is 5.32 Å². The third-order valence-corrected chi connectivity index (χ3v) is 2.87. The van der Waals surface area contributed by atoms with E-state index in [0.29, 0.717) is 18.6 Å². The summed E-state index contributed by atoms with van der Waals surface area (Å²) in [7, 11) is 0. The Bertz CT molecular complexity index is 337. The van der Waals surface area contributed by atoms with Crippen LogP contribution in [-0.2, 0) is 4.74 Å². The number of hydrogen-bond donors (Lipinski definition) is 1. The van der Waals surface area contributed by atoms with Gasteiger partial charge < -0.3 is 10.1 Å². The number of nitrogens with zero attached hydrogens (tertiary/aromatic N) is 2. The Labute approximate surface area is 94.8 Å². The van der Waals surface area contributed by atoms with Gasteiger partial charge >= 0.3 is 6.03 Å². The van der Waals surface area contributed by atoms with Crippen molar-refractivity contribution in [1.29, 1.82) is 0 Å². The second-order valence-corrected chi connectivity index (χ2v) is 4.23. The van der Waals surface area contributed by atoms with Gasteiger partial charge in [-0.05, 0) is 25.7 Å². The molecule has 1 amide bonds.